The van der Waals surface area contributed by atoms with Gasteiger partial charge in [0.25, 0.3) is 0 Å². The van der Waals surface area contributed by atoms with Gasteiger partial charge in [0.2, 0.25) is 0 Å². The van der Waals surface area contributed by atoms with E-state index in [2.05, 4.69) is 21.4 Å². The Balaban J connectivity index is 1.61. The smallest absolute Gasteiger partial charge is 0.189 e. The molecule has 1 aromatic heterocycles. The summed E-state index contributed by atoms with van der Waals surface area (Å²) in [7, 11) is 3.15. The van der Waals surface area contributed by atoms with E-state index in [4.69, 9.17) is 14.2 Å². The Labute approximate surface area is 208 Å². The molecular weight excluding hydrogens is 460 g/mol. The summed E-state index contributed by atoms with van der Waals surface area (Å²) in [5.74, 6) is 2.33. The van der Waals surface area contributed by atoms with Gasteiger partial charge in [-0.15, -0.1) is 0 Å². The third-order valence-electron chi connectivity index (χ3n) is 5.21. The molecule has 0 unspecified atom stereocenters. The van der Waals surface area contributed by atoms with Crippen molar-refractivity contribution in [3.8, 4) is 34.6 Å². The second-order valence-electron chi connectivity index (χ2n) is 7.39. The lowest BCUT2D eigenvalue weighted by atomic mass is 10.1. The van der Waals surface area contributed by atoms with Crippen molar-refractivity contribution in [2.45, 2.75) is 11.8 Å². The van der Waals surface area contributed by atoms with Gasteiger partial charge >= 0.3 is 0 Å². The number of benzene rings is 3. The molecule has 0 atom stereocenters. The van der Waals surface area contributed by atoms with E-state index in [0.717, 1.165) is 22.6 Å². The predicted molar refractivity (Wildman–Crippen MR) is 138 cm³/mol. The van der Waals surface area contributed by atoms with Gasteiger partial charge in [0.1, 0.15) is 24.0 Å². The van der Waals surface area contributed by atoms with Gasteiger partial charge in [0.05, 0.1) is 19.9 Å². The number of ether oxygens (including phenoxy) is 3. The first-order valence-corrected chi connectivity index (χ1v) is 12.0. The van der Waals surface area contributed by atoms with Gasteiger partial charge in [0.15, 0.2) is 22.5 Å². The Morgan fingerprint density at radius 1 is 0.914 bits per heavy atom. The number of rotatable bonds is 9. The maximum atomic E-state index is 10.00. The van der Waals surface area contributed by atoms with Crippen molar-refractivity contribution < 1.29 is 14.2 Å². The molecule has 4 aromatic rings. The molecule has 0 aliphatic carbocycles. The number of nitrogens with one attached hydrogen (secondary N) is 1. The minimum absolute atomic E-state index is 0.333. The molecule has 3 aromatic carbocycles. The van der Waals surface area contributed by atoms with Crippen LogP contribution in [0.2, 0.25) is 0 Å². The standard InChI is InChI=1S/C27H24N4O3S/c1-32-23-14-9-19(15-24(23)33-2)25-22(16-28)26(31-27(30-25)35-3)29-20-10-12-21(13-11-20)34-17-18-7-5-4-6-8-18/h4-15H,17H2,1-3H3,(H,29,30,31). The lowest BCUT2D eigenvalue weighted by Crippen LogP contribution is -2.04. The van der Waals surface area contributed by atoms with E-state index >= 15 is 0 Å². The molecule has 4 rings (SSSR count). The first-order valence-electron chi connectivity index (χ1n) is 10.8. The van der Waals surface area contributed by atoms with Crippen LogP contribution in [0.4, 0.5) is 11.5 Å². The van der Waals surface area contributed by atoms with Crippen LogP contribution in [0.25, 0.3) is 11.3 Å². The fourth-order valence-electron chi connectivity index (χ4n) is 3.43. The summed E-state index contributed by atoms with van der Waals surface area (Å²) in [6, 6.07) is 25.2. The second-order valence-corrected chi connectivity index (χ2v) is 8.16. The average Bonchev–Trinajstić information content (AvgIpc) is 2.92. The summed E-state index contributed by atoms with van der Waals surface area (Å²) in [5.41, 5.74) is 3.45. The molecule has 1 N–H and O–H groups in total. The highest BCUT2D eigenvalue weighted by Gasteiger charge is 2.18. The molecule has 1 heterocycles. The van der Waals surface area contributed by atoms with Gasteiger partial charge in [-0.05, 0) is 54.3 Å². The van der Waals surface area contributed by atoms with Crippen molar-refractivity contribution in [2.24, 2.45) is 0 Å². The molecule has 176 valence electrons. The van der Waals surface area contributed by atoms with E-state index in [0.29, 0.717) is 40.3 Å². The Morgan fingerprint density at radius 3 is 2.31 bits per heavy atom. The Hall–Kier alpha value is -4.22. The molecule has 0 aliphatic heterocycles. The maximum absolute atomic E-state index is 10.00. The van der Waals surface area contributed by atoms with Gasteiger partial charge in [-0.1, -0.05) is 42.1 Å². The molecule has 0 saturated carbocycles. The quantitative estimate of drug-likeness (QED) is 0.226. The van der Waals surface area contributed by atoms with E-state index in [1.54, 1.807) is 26.4 Å². The summed E-state index contributed by atoms with van der Waals surface area (Å²) >= 11 is 1.40. The number of nitrogens with zero attached hydrogens (tertiary/aromatic N) is 3. The monoisotopic (exact) mass is 484 g/mol. The van der Waals surface area contributed by atoms with E-state index < -0.39 is 0 Å². The van der Waals surface area contributed by atoms with Crippen molar-refractivity contribution in [3.63, 3.8) is 0 Å². The van der Waals surface area contributed by atoms with Gasteiger partial charge < -0.3 is 19.5 Å². The van der Waals surface area contributed by atoms with Crippen LogP contribution in [-0.2, 0) is 6.61 Å². The van der Waals surface area contributed by atoms with E-state index in [9.17, 15) is 5.26 Å². The van der Waals surface area contributed by atoms with Crippen LogP contribution in [0.15, 0.2) is 78.0 Å². The second kappa shape index (κ2) is 11.3. The summed E-state index contributed by atoms with van der Waals surface area (Å²) in [5, 5.41) is 13.8. The highest BCUT2D eigenvalue weighted by molar-refractivity contribution is 7.98. The minimum atomic E-state index is 0.333. The zero-order chi connectivity index (χ0) is 24.6. The average molecular weight is 485 g/mol. The summed E-state index contributed by atoms with van der Waals surface area (Å²) in [6.07, 6.45) is 1.89. The third-order valence-corrected chi connectivity index (χ3v) is 5.75. The van der Waals surface area contributed by atoms with Gasteiger partial charge in [-0.2, -0.15) is 5.26 Å². The van der Waals surface area contributed by atoms with Crippen LogP contribution < -0.4 is 19.5 Å². The molecule has 0 bridgehead atoms. The molecular formula is C27H24N4O3S. The Morgan fingerprint density at radius 2 is 1.66 bits per heavy atom. The fraction of sp³-hybridized carbons (Fsp3) is 0.148. The van der Waals surface area contributed by atoms with Crippen LogP contribution >= 0.6 is 11.8 Å². The van der Waals surface area contributed by atoms with Gasteiger partial charge in [0, 0.05) is 11.3 Å². The molecule has 0 fully saturated rings. The van der Waals surface area contributed by atoms with Crippen LogP contribution in [0.1, 0.15) is 11.1 Å². The van der Waals surface area contributed by atoms with Crippen LogP contribution in [-0.4, -0.2) is 30.4 Å². The van der Waals surface area contributed by atoms with Crippen LogP contribution in [0, 0.1) is 11.3 Å². The SMILES string of the molecule is COc1ccc(-c2nc(SC)nc(Nc3ccc(OCc4ccccc4)cc3)c2C#N)cc1OC. The molecule has 0 saturated heterocycles. The molecule has 7 nitrogen and oxygen atoms in total. The van der Waals surface area contributed by atoms with Gasteiger partial charge in [-0.3, -0.25) is 0 Å². The highest BCUT2D eigenvalue weighted by Crippen LogP contribution is 2.35. The van der Waals surface area contributed by atoms with Crippen molar-refractivity contribution in [1.29, 1.82) is 5.26 Å². The molecule has 0 aliphatic rings. The predicted octanol–water partition coefficient (Wildman–Crippen LogP) is 6.08. The van der Waals surface area contributed by atoms with E-state index in [1.807, 2.05) is 66.9 Å². The number of thioether (sulfide) groups is 1. The van der Waals surface area contributed by atoms with Crippen molar-refractivity contribution in [1.82, 2.24) is 9.97 Å². The van der Waals surface area contributed by atoms with Crippen molar-refractivity contribution >= 4 is 23.3 Å². The number of hydrogen-bond acceptors (Lipinski definition) is 8. The first-order chi connectivity index (χ1) is 17.1. The van der Waals surface area contributed by atoms with Crippen molar-refractivity contribution in [3.05, 3.63) is 83.9 Å². The lowest BCUT2D eigenvalue weighted by Gasteiger charge is -2.14. The molecule has 0 amide bonds. The van der Waals surface area contributed by atoms with Crippen molar-refractivity contribution in [2.75, 3.05) is 25.8 Å². The molecule has 0 radical (unpaired) electrons. The Kier molecular flexibility index (Phi) is 7.70. The third kappa shape index (κ3) is 5.65. The topological polar surface area (TPSA) is 89.3 Å². The normalized spacial score (nSPS) is 10.3. The van der Waals surface area contributed by atoms with Crippen LogP contribution in [0.5, 0.6) is 17.2 Å². The molecule has 0 spiro atoms. The summed E-state index contributed by atoms with van der Waals surface area (Å²) in [6.45, 7) is 0.490. The number of nitriles is 1. The Bertz CT molecular complexity index is 1340. The van der Waals surface area contributed by atoms with Gasteiger partial charge in [-0.25, -0.2) is 9.97 Å². The minimum Gasteiger partial charge on any atom is -0.493 e. The van der Waals surface area contributed by atoms with E-state index in [1.165, 1.54) is 11.8 Å². The first kappa shape index (κ1) is 23.9. The zero-order valence-electron chi connectivity index (χ0n) is 19.6. The van der Waals surface area contributed by atoms with E-state index in [-0.39, 0.29) is 0 Å². The molecule has 8 heteroatoms. The fourth-order valence-corrected chi connectivity index (χ4v) is 3.80. The molecule has 35 heavy (non-hydrogen) atoms. The number of anilines is 2. The number of hydrogen-bond donors (Lipinski definition) is 1. The maximum Gasteiger partial charge on any atom is 0.189 e. The lowest BCUT2D eigenvalue weighted by molar-refractivity contribution is 0.306. The zero-order valence-corrected chi connectivity index (χ0v) is 20.4. The summed E-state index contributed by atoms with van der Waals surface area (Å²) in [4.78, 5) is 9.15. The summed E-state index contributed by atoms with van der Waals surface area (Å²) < 4.78 is 16.6. The number of aromatic nitrogens is 2. The largest absolute Gasteiger partial charge is 0.493 e. The van der Waals surface area contributed by atoms with Crippen LogP contribution in [0.3, 0.4) is 0 Å². The highest BCUT2D eigenvalue weighted by atomic mass is 32.2. The number of methoxy groups -OCH3 is 2.